The molecule has 0 saturated heterocycles. The maximum Gasteiger partial charge on any atom is 0.310 e. The third-order valence-electron chi connectivity index (χ3n) is 2.90. The summed E-state index contributed by atoms with van der Waals surface area (Å²) in [6.07, 6.45) is 4.03. The predicted molar refractivity (Wildman–Crippen MR) is 66.6 cm³/mol. The Morgan fingerprint density at radius 1 is 1.24 bits per heavy atom. The number of rotatable bonds is 3. The van der Waals surface area contributed by atoms with Crippen molar-refractivity contribution in [2.24, 2.45) is 0 Å². The van der Waals surface area contributed by atoms with Crippen molar-refractivity contribution in [2.45, 2.75) is 19.8 Å². The summed E-state index contributed by atoms with van der Waals surface area (Å²) >= 11 is 0. The molecule has 1 atom stereocenters. The van der Waals surface area contributed by atoms with E-state index >= 15 is 0 Å². The van der Waals surface area contributed by atoms with Gasteiger partial charge in [0.1, 0.15) is 0 Å². The minimum Gasteiger partial charge on any atom is -0.481 e. The number of nitrogens with zero attached hydrogens (tertiary/aromatic N) is 1. The fourth-order valence-electron chi connectivity index (χ4n) is 1.74. The standard InChI is InChI=1S/C14H15NO2/c1-10-7-8-15(9-10)13-5-3-12(4-6-13)11(2)14(16)17/h3-9,11H,1-2H3,(H,16,17). The smallest absolute Gasteiger partial charge is 0.310 e. The lowest BCUT2D eigenvalue weighted by atomic mass is 10.0. The summed E-state index contributed by atoms with van der Waals surface area (Å²) in [5.74, 6) is -1.26. The summed E-state index contributed by atoms with van der Waals surface area (Å²) in [7, 11) is 0. The molecule has 0 spiro atoms. The third-order valence-corrected chi connectivity index (χ3v) is 2.90. The zero-order chi connectivity index (χ0) is 12.4. The first-order chi connectivity index (χ1) is 8.08. The molecule has 1 unspecified atom stereocenters. The summed E-state index contributed by atoms with van der Waals surface area (Å²) in [6, 6.07) is 9.64. The molecule has 0 aliphatic carbocycles. The Bertz CT molecular complexity index is 525. The van der Waals surface area contributed by atoms with Crippen molar-refractivity contribution >= 4 is 5.97 Å². The third kappa shape index (κ3) is 2.38. The SMILES string of the molecule is Cc1ccn(-c2ccc(C(C)C(=O)O)cc2)c1. The van der Waals surface area contributed by atoms with Gasteiger partial charge in [-0.2, -0.15) is 0 Å². The minimum atomic E-state index is -0.797. The highest BCUT2D eigenvalue weighted by Crippen LogP contribution is 2.18. The Labute approximate surface area is 100 Å². The number of hydrogen-bond donors (Lipinski definition) is 1. The van der Waals surface area contributed by atoms with Crippen LogP contribution < -0.4 is 0 Å². The van der Waals surface area contributed by atoms with Crippen LogP contribution in [0.3, 0.4) is 0 Å². The first-order valence-corrected chi connectivity index (χ1v) is 5.55. The minimum absolute atomic E-state index is 0.463. The average molecular weight is 229 g/mol. The summed E-state index contributed by atoms with van der Waals surface area (Å²) in [5, 5.41) is 8.92. The number of aliphatic carboxylic acids is 1. The molecule has 0 aliphatic rings. The molecule has 2 rings (SSSR count). The number of carboxylic acid groups (broad SMARTS) is 1. The second-order valence-corrected chi connectivity index (χ2v) is 4.25. The van der Waals surface area contributed by atoms with Crippen LogP contribution in [0.4, 0.5) is 0 Å². The Morgan fingerprint density at radius 2 is 1.88 bits per heavy atom. The Morgan fingerprint density at radius 3 is 2.35 bits per heavy atom. The van der Waals surface area contributed by atoms with Crippen molar-refractivity contribution in [1.82, 2.24) is 4.57 Å². The fourth-order valence-corrected chi connectivity index (χ4v) is 1.74. The molecule has 3 heteroatoms. The Kier molecular flexibility index (Phi) is 3.00. The van der Waals surface area contributed by atoms with Gasteiger partial charge in [-0.3, -0.25) is 4.79 Å². The maximum absolute atomic E-state index is 10.9. The summed E-state index contributed by atoms with van der Waals surface area (Å²) < 4.78 is 2.02. The van der Waals surface area contributed by atoms with Gasteiger partial charge in [-0.25, -0.2) is 0 Å². The lowest BCUT2D eigenvalue weighted by Gasteiger charge is -2.08. The van der Waals surface area contributed by atoms with Crippen molar-refractivity contribution < 1.29 is 9.90 Å². The van der Waals surface area contributed by atoms with Gasteiger partial charge in [0.05, 0.1) is 5.92 Å². The van der Waals surface area contributed by atoms with E-state index in [1.807, 2.05) is 54.2 Å². The van der Waals surface area contributed by atoms with Crippen LogP contribution in [-0.4, -0.2) is 15.6 Å². The van der Waals surface area contributed by atoms with Gasteiger partial charge in [-0.15, -0.1) is 0 Å². The first-order valence-electron chi connectivity index (χ1n) is 5.55. The molecule has 1 N–H and O–H groups in total. The van der Waals surface area contributed by atoms with Gasteiger partial charge >= 0.3 is 5.97 Å². The molecular formula is C14H15NO2. The summed E-state index contributed by atoms with van der Waals surface area (Å²) in [5.41, 5.74) is 3.07. The molecule has 0 saturated carbocycles. The van der Waals surface area contributed by atoms with E-state index in [-0.39, 0.29) is 0 Å². The molecule has 3 nitrogen and oxygen atoms in total. The van der Waals surface area contributed by atoms with Crippen LogP contribution in [0.5, 0.6) is 0 Å². The normalized spacial score (nSPS) is 12.4. The first kappa shape index (κ1) is 11.5. The van der Waals surface area contributed by atoms with Gasteiger partial charge < -0.3 is 9.67 Å². The highest BCUT2D eigenvalue weighted by molar-refractivity contribution is 5.75. The zero-order valence-electron chi connectivity index (χ0n) is 9.92. The summed E-state index contributed by atoms with van der Waals surface area (Å²) in [6.45, 7) is 3.73. The van der Waals surface area contributed by atoms with Crippen LogP contribution in [0.1, 0.15) is 24.0 Å². The lowest BCUT2D eigenvalue weighted by molar-refractivity contribution is -0.138. The number of aryl methyl sites for hydroxylation is 1. The monoisotopic (exact) mass is 229 g/mol. The van der Waals surface area contributed by atoms with E-state index in [1.165, 1.54) is 5.56 Å². The molecule has 0 bridgehead atoms. The van der Waals surface area contributed by atoms with Crippen molar-refractivity contribution in [2.75, 3.05) is 0 Å². The van der Waals surface area contributed by atoms with Crippen molar-refractivity contribution in [1.29, 1.82) is 0 Å². The summed E-state index contributed by atoms with van der Waals surface area (Å²) in [4.78, 5) is 10.9. The Hall–Kier alpha value is -2.03. The molecular weight excluding hydrogens is 214 g/mol. The molecule has 0 fully saturated rings. The largest absolute Gasteiger partial charge is 0.481 e. The molecule has 88 valence electrons. The van der Waals surface area contributed by atoms with Gasteiger partial charge in [0.25, 0.3) is 0 Å². The van der Waals surface area contributed by atoms with Gasteiger partial charge in [-0.1, -0.05) is 12.1 Å². The van der Waals surface area contributed by atoms with E-state index < -0.39 is 11.9 Å². The topological polar surface area (TPSA) is 42.2 Å². The quantitative estimate of drug-likeness (QED) is 0.879. The van der Waals surface area contributed by atoms with Crippen LogP contribution in [-0.2, 0) is 4.79 Å². The number of aromatic nitrogens is 1. The predicted octanol–water partition coefficient (Wildman–Crippen LogP) is 2.97. The molecule has 1 heterocycles. The van der Waals surface area contributed by atoms with Crippen LogP contribution in [0.2, 0.25) is 0 Å². The van der Waals surface area contributed by atoms with E-state index in [1.54, 1.807) is 6.92 Å². The van der Waals surface area contributed by atoms with Gasteiger partial charge in [0, 0.05) is 18.1 Å². The molecule has 1 aromatic carbocycles. The van der Waals surface area contributed by atoms with Gasteiger partial charge in [0.2, 0.25) is 0 Å². The number of carboxylic acids is 1. The van der Waals surface area contributed by atoms with E-state index in [2.05, 4.69) is 0 Å². The molecule has 0 aliphatic heterocycles. The van der Waals surface area contributed by atoms with Crippen molar-refractivity contribution in [3.8, 4) is 5.69 Å². The second-order valence-electron chi connectivity index (χ2n) is 4.25. The van der Waals surface area contributed by atoms with Crippen LogP contribution in [0, 0.1) is 6.92 Å². The van der Waals surface area contributed by atoms with Gasteiger partial charge in [0.15, 0.2) is 0 Å². The van der Waals surface area contributed by atoms with Gasteiger partial charge in [-0.05, 0) is 43.2 Å². The van der Waals surface area contributed by atoms with E-state index in [0.717, 1.165) is 11.3 Å². The second kappa shape index (κ2) is 4.45. The fraction of sp³-hybridized carbons (Fsp3) is 0.214. The Balaban J connectivity index is 2.27. The van der Waals surface area contributed by atoms with Crippen molar-refractivity contribution in [3.05, 3.63) is 53.9 Å². The number of carbonyl (C=O) groups is 1. The van der Waals surface area contributed by atoms with E-state index in [0.29, 0.717) is 0 Å². The highest BCUT2D eigenvalue weighted by atomic mass is 16.4. The molecule has 1 aromatic heterocycles. The average Bonchev–Trinajstić information content (AvgIpc) is 2.75. The van der Waals surface area contributed by atoms with Crippen LogP contribution in [0.15, 0.2) is 42.7 Å². The molecule has 17 heavy (non-hydrogen) atoms. The van der Waals surface area contributed by atoms with Crippen LogP contribution in [0.25, 0.3) is 5.69 Å². The zero-order valence-corrected chi connectivity index (χ0v) is 9.92. The lowest BCUT2D eigenvalue weighted by Crippen LogP contribution is -2.07. The maximum atomic E-state index is 10.9. The van der Waals surface area contributed by atoms with E-state index in [4.69, 9.17) is 5.11 Å². The van der Waals surface area contributed by atoms with Crippen molar-refractivity contribution in [3.63, 3.8) is 0 Å². The van der Waals surface area contributed by atoms with E-state index in [9.17, 15) is 4.79 Å². The number of hydrogen-bond acceptors (Lipinski definition) is 1. The molecule has 0 radical (unpaired) electrons. The molecule has 2 aromatic rings. The number of benzene rings is 1. The highest BCUT2D eigenvalue weighted by Gasteiger charge is 2.12. The van der Waals surface area contributed by atoms with Crippen LogP contribution >= 0.6 is 0 Å². The molecule has 0 amide bonds.